The predicted octanol–water partition coefficient (Wildman–Crippen LogP) is 3.29. The molecule has 5 nitrogen and oxygen atoms in total. The zero-order valence-corrected chi connectivity index (χ0v) is 15.9. The van der Waals surface area contributed by atoms with E-state index in [1.165, 1.54) is 25.7 Å². The molecule has 142 valence electrons. The average Bonchev–Trinajstić information content (AvgIpc) is 3.19. The van der Waals surface area contributed by atoms with Crippen LogP contribution in [0.3, 0.4) is 0 Å². The molecule has 1 saturated carbocycles. The third-order valence-corrected chi connectivity index (χ3v) is 6.79. The summed E-state index contributed by atoms with van der Waals surface area (Å²) in [5.74, 6) is 1.36. The van der Waals surface area contributed by atoms with E-state index in [1.807, 2.05) is 18.2 Å². The zero-order valence-electron chi connectivity index (χ0n) is 15.9. The zero-order chi connectivity index (χ0) is 18.1. The fourth-order valence-corrected chi connectivity index (χ4v) is 5.06. The van der Waals surface area contributed by atoms with Crippen LogP contribution in [0.1, 0.15) is 70.1 Å². The molecule has 1 aromatic rings. The number of anilines is 1. The third-order valence-electron chi connectivity index (χ3n) is 6.79. The summed E-state index contributed by atoms with van der Waals surface area (Å²) in [5.41, 5.74) is 1.04. The van der Waals surface area contributed by atoms with Crippen molar-refractivity contribution in [2.24, 2.45) is 5.41 Å². The van der Waals surface area contributed by atoms with E-state index < -0.39 is 6.10 Å². The number of rotatable bonds is 3. The first-order valence-corrected chi connectivity index (χ1v) is 10.3. The molecule has 1 amide bonds. The van der Waals surface area contributed by atoms with Gasteiger partial charge in [-0.05, 0) is 56.6 Å². The van der Waals surface area contributed by atoms with Crippen molar-refractivity contribution in [2.75, 3.05) is 24.5 Å². The van der Waals surface area contributed by atoms with E-state index in [4.69, 9.17) is 0 Å². The second-order valence-electron chi connectivity index (χ2n) is 8.54. The van der Waals surface area contributed by atoms with E-state index in [0.717, 1.165) is 56.8 Å². The van der Waals surface area contributed by atoms with E-state index >= 15 is 0 Å². The number of piperidine rings is 2. The van der Waals surface area contributed by atoms with Crippen molar-refractivity contribution in [1.82, 2.24) is 9.88 Å². The molecule has 1 spiro atoms. The molecule has 3 fully saturated rings. The number of likely N-dealkylation sites (tertiary alicyclic amines) is 1. The molecule has 0 radical (unpaired) electrons. The molecule has 3 heterocycles. The van der Waals surface area contributed by atoms with Gasteiger partial charge >= 0.3 is 0 Å². The fraction of sp³-hybridized carbons (Fsp3) is 0.714. The molecule has 0 bridgehead atoms. The molecule has 1 N–H and O–H groups in total. The second kappa shape index (κ2) is 7.18. The maximum atomic E-state index is 12.5. The van der Waals surface area contributed by atoms with Crippen LogP contribution in [-0.4, -0.2) is 46.6 Å². The number of aliphatic hydroxyl groups is 1. The number of nitrogens with zero attached hydrogens (tertiary/aromatic N) is 3. The van der Waals surface area contributed by atoms with Crippen LogP contribution in [0.15, 0.2) is 18.2 Å². The highest BCUT2D eigenvalue weighted by Gasteiger charge is 2.43. The maximum absolute atomic E-state index is 12.5. The lowest BCUT2D eigenvalue weighted by atomic mass is 9.72. The number of pyridine rings is 1. The molecule has 3 aliphatic rings. The van der Waals surface area contributed by atoms with Crippen LogP contribution in [0, 0.1) is 5.41 Å². The van der Waals surface area contributed by atoms with Gasteiger partial charge in [0.25, 0.3) is 0 Å². The first kappa shape index (κ1) is 17.8. The first-order valence-electron chi connectivity index (χ1n) is 10.3. The largest absolute Gasteiger partial charge is 0.387 e. The lowest BCUT2D eigenvalue weighted by Gasteiger charge is -2.49. The van der Waals surface area contributed by atoms with Crippen LogP contribution < -0.4 is 4.90 Å². The summed E-state index contributed by atoms with van der Waals surface area (Å²) < 4.78 is 0. The van der Waals surface area contributed by atoms with E-state index in [0.29, 0.717) is 17.4 Å². The molecular weight excluding hydrogens is 326 g/mol. The molecule has 1 aromatic heterocycles. The minimum absolute atomic E-state index is 0.300. The van der Waals surface area contributed by atoms with Gasteiger partial charge in [-0.3, -0.25) is 4.79 Å². The molecule has 0 unspecified atom stereocenters. The standard InChI is InChI=1S/C21H31N3O2/c1-16(25)18-7-4-8-19(22-18)23-13-11-21(12-14-23)10-9-20(26)24(15-21)17-5-2-3-6-17/h4,7-8,16-17,25H,2-3,5-6,9-15H2,1H3/t16-/m0/s1. The maximum Gasteiger partial charge on any atom is 0.222 e. The van der Waals surface area contributed by atoms with E-state index in [1.54, 1.807) is 6.92 Å². The minimum atomic E-state index is -0.532. The third kappa shape index (κ3) is 3.46. The minimum Gasteiger partial charge on any atom is -0.387 e. The Balaban J connectivity index is 1.42. The lowest BCUT2D eigenvalue weighted by molar-refractivity contribution is -0.141. The van der Waals surface area contributed by atoms with E-state index in [-0.39, 0.29) is 0 Å². The molecule has 26 heavy (non-hydrogen) atoms. The molecule has 1 aliphatic carbocycles. The predicted molar refractivity (Wildman–Crippen MR) is 102 cm³/mol. The Morgan fingerprint density at radius 1 is 1.19 bits per heavy atom. The van der Waals surface area contributed by atoms with Crippen molar-refractivity contribution in [1.29, 1.82) is 0 Å². The van der Waals surface area contributed by atoms with Crippen molar-refractivity contribution >= 4 is 11.7 Å². The monoisotopic (exact) mass is 357 g/mol. The summed E-state index contributed by atoms with van der Waals surface area (Å²) in [7, 11) is 0. The van der Waals surface area contributed by atoms with Crippen LogP contribution in [0.4, 0.5) is 5.82 Å². The summed E-state index contributed by atoms with van der Waals surface area (Å²) >= 11 is 0. The van der Waals surface area contributed by atoms with Gasteiger partial charge in [-0.2, -0.15) is 0 Å². The Hall–Kier alpha value is -1.62. The molecule has 2 saturated heterocycles. The Labute approximate surface area is 156 Å². The van der Waals surface area contributed by atoms with Crippen molar-refractivity contribution in [3.63, 3.8) is 0 Å². The van der Waals surface area contributed by atoms with Gasteiger partial charge in [0.1, 0.15) is 5.82 Å². The summed E-state index contributed by atoms with van der Waals surface area (Å²) in [5, 5.41) is 9.78. The van der Waals surface area contributed by atoms with E-state index in [2.05, 4.69) is 14.8 Å². The number of carbonyl (C=O) groups excluding carboxylic acids is 1. The quantitative estimate of drug-likeness (QED) is 0.902. The Bertz CT molecular complexity index is 646. The van der Waals surface area contributed by atoms with Crippen molar-refractivity contribution in [3.8, 4) is 0 Å². The first-order chi connectivity index (χ1) is 12.6. The Morgan fingerprint density at radius 2 is 1.92 bits per heavy atom. The number of amides is 1. The molecule has 2 aliphatic heterocycles. The normalized spacial score (nSPS) is 25.1. The van der Waals surface area contributed by atoms with Crippen LogP contribution in [-0.2, 0) is 4.79 Å². The molecule has 4 rings (SSSR count). The van der Waals surface area contributed by atoms with Gasteiger partial charge in [0, 0.05) is 32.1 Å². The number of hydrogen-bond acceptors (Lipinski definition) is 4. The van der Waals surface area contributed by atoms with Crippen LogP contribution >= 0.6 is 0 Å². The second-order valence-corrected chi connectivity index (χ2v) is 8.54. The van der Waals surface area contributed by atoms with E-state index in [9.17, 15) is 9.90 Å². The molecular formula is C21H31N3O2. The summed E-state index contributed by atoms with van der Waals surface area (Å²) in [6.07, 6.45) is 8.45. The number of aromatic nitrogens is 1. The Morgan fingerprint density at radius 3 is 2.62 bits per heavy atom. The number of aliphatic hydroxyl groups excluding tert-OH is 1. The highest BCUT2D eigenvalue weighted by molar-refractivity contribution is 5.77. The Kier molecular flexibility index (Phi) is 4.91. The average molecular weight is 357 g/mol. The van der Waals surface area contributed by atoms with Gasteiger partial charge in [-0.1, -0.05) is 18.9 Å². The van der Waals surface area contributed by atoms with Crippen LogP contribution in [0.5, 0.6) is 0 Å². The van der Waals surface area contributed by atoms with Crippen molar-refractivity contribution in [3.05, 3.63) is 23.9 Å². The highest BCUT2D eigenvalue weighted by atomic mass is 16.3. The lowest BCUT2D eigenvalue weighted by Crippen LogP contribution is -2.54. The van der Waals surface area contributed by atoms with Crippen molar-refractivity contribution in [2.45, 2.75) is 70.4 Å². The van der Waals surface area contributed by atoms with Gasteiger partial charge in [0.2, 0.25) is 5.91 Å². The SMILES string of the molecule is C[C@H](O)c1cccc(N2CCC3(CCC(=O)N(C4CCCC4)C3)CC2)n1. The highest BCUT2D eigenvalue weighted by Crippen LogP contribution is 2.42. The van der Waals surface area contributed by atoms with Gasteiger partial charge < -0.3 is 14.9 Å². The topological polar surface area (TPSA) is 56.7 Å². The number of hydrogen-bond donors (Lipinski definition) is 1. The van der Waals surface area contributed by atoms with Gasteiger partial charge in [0.05, 0.1) is 11.8 Å². The van der Waals surface area contributed by atoms with Crippen LogP contribution in [0.25, 0.3) is 0 Å². The summed E-state index contributed by atoms with van der Waals surface area (Å²) in [6, 6.07) is 6.41. The molecule has 5 heteroatoms. The van der Waals surface area contributed by atoms with Crippen LogP contribution in [0.2, 0.25) is 0 Å². The molecule has 0 aromatic carbocycles. The smallest absolute Gasteiger partial charge is 0.222 e. The van der Waals surface area contributed by atoms with Crippen molar-refractivity contribution < 1.29 is 9.90 Å². The fourth-order valence-electron chi connectivity index (χ4n) is 5.06. The van der Waals surface area contributed by atoms with Gasteiger partial charge in [0.15, 0.2) is 0 Å². The summed E-state index contributed by atoms with van der Waals surface area (Å²) in [4.78, 5) is 21.7. The number of carbonyl (C=O) groups is 1. The van der Waals surface area contributed by atoms with Gasteiger partial charge in [-0.15, -0.1) is 0 Å². The molecule has 1 atom stereocenters. The summed E-state index contributed by atoms with van der Waals surface area (Å²) in [6.45, 7) is 4.70. The van der Waals surface area contributed by atoms with Gasteiger partial charge in [-0.25, -0.2) is 4.98 Å².